The SMILES string of the molecule is NC(=O)C12C=CC(CC1)C1C(=O)N(Cc3ccccc3)C(=O)C12. The van der Waals surface area contributed by atoms with Gasteiger partial charge >= 0.3 is 0 Å². The average Bonchev–Trinajstić information content (AvgIpc) is 2.84. The third kappa shape index (κ3) is 1.82. The summed E-state index contributed by atoms with van der Waals surface area (Å²) in [5, 5.41) is 0. The van der Waals surface area contributed by atoms with Gasteiger partial charge in [-0.3, -0.25) is 19.3 Å². The van der Waals surface area contributed by atoms with Gasteiger partial charge in [0.15, 0.2) is 0 Å². The quantitative estimate of drug-likeness (QED) is 0.674. The number of hydrogen-bond acceptors (Lipinski definition) is 3. The number of carbonyl (C=O) groups excluding carboxylic acids is 3. The number of amides is 3. The Balaban J connectivity index is 1.72. The van der Waals surface area contributed by atoms with Crippen LogP contribution in [0.2, 0.25) is 0 Å². The van der Waals surface area contributed by atoms with Gasteiger partial charge in [0.1, 0.15) is 0 Å². The van der Waals surface area contributed by atoms with Crippen molar-refractivity contribution in [3.05, 3.63) is 48.0 Å². The van der Waals surface area contributed by atoms with Crippen LogP contribution in [0.5, 0.6) is 0 Å². The maximum atomic E-state index is 12.9. The minimum absolute atomic E-state index is 0.0402. The number of likely N-dealkylation sites (tertiary alicyclic amines) is 1. The van der Waals surface area contributed by atoms with Crippen LogP contribution in [0.15, 0.2) is 42.5 Å². The number of benzene rings is 1. The average molecular weight is 310 g/mol. The van der Waals surface area contributed by atoms with Crippen molar-refractivity contribution in [1.82, 2.24) is 4.90 Å². The molecule has 1 aliphatic heterocycles. The number of hydrogen-bond donors (Lipinski definition) is 1. The molecule has 5 nitrogen and oxygen atoms in total. The van der Waals surface area contributed by atoms with Gasteiger partial charge in [0, 0.05) is 0 Å². The van der Waals surface area contributed by atoms with Crippen molar-refractivity contribution in [2.45, 2.75) is 19.4 Å². The van der Waals surface area contributed by atoms with Gasteiger partial charge in [0.25, 0.3) is 0 Å². The summed E-state index contributed by atoms with van der Waals surface area (Å²) in [5.74, 6) is -1.93. The number of nitrogens with two attached hydrogens (primary N) is 1. The van der Waals surface area contributed by atoms with Crippen LogP contribution in [-0.4, -0.2) is 22.6 Å². The number of primary amides is 1. The summed E-state index contributed by atoms with van der Waals surface area (Å²) in [6, 6.07) is 9.43. The molecule has 0 spiro atoms. The van der Waals surface area contributed by atoms with E-state index in [-0.39, 0.29) is 24.3 Å². The van der Waals surface area contributed by atoms with Crippen LogP contribution >= 0.6 is 0 Å². The Bertz CT molecular complexity index is 727. The van der Waals surface area contributed by atoms with Crippen molar-refractivity contribution < 1.29 is 14.4 Å². The molecule has 4 aliphatic rings. The highest BCUT2D eigenvalue weighted by Gasteiger charge is 2.64. The molecule has 1 aromatic carbocycles. The van der Waals surface area contributed by atoms with Crippen molar-refractivity contribution >= 4 is 17.7 Å². The first-order chi connectivity index (χ1) is 11.0. The molecular weight excluding hydrogens is 292 g/mol. The van der Waals surface area contributed by atoms with Crippen LogP contribution in [0, 0.1) is 23.2 Å². The molecule has 1 saturated carbocycles. The zero-order chi connectivity index (χ0) is 16.2. The Hall–Kier alpha value is -2.43. The summed E-state index contributed by atoms with van der Waals surface area (Å²) >= 11 is 0. The maximum Gasteiger partial charge on any atom is 0.234 e. The Kier molecular flexibility index (Phi) is 2.95. The highest BCUT2D eigenvalue weighted by molar-refractivity contribution is 6.09. The van der Waals surface area contributed by atoms with Crippen molar-refractivity contribution in [1.29, 1.82) is 0 Å². The van der Waals surface area contributed by atoms with E-state index >= 15 is 0 Å². The van der Waals surface area contributed by atoms with Crippen LogP contribution in [0.3, 0.4) is 0 Å². The van der Waals surface area contributed by atoms with Gasteiger partial charge in [-0.15, -0.1) is 0 Å². The Morgan fingerprint density at radius 1 is 1.22 bits per heavy atom. The number of carbonyl (C=O) groups is 3. The summed E-state index contributed by atoms with van der Waals surface area (Å²) in [4.78, 5) is 39.1. The molecule has 0 radical (unpaired) electrons. The monoisotopic (exact) mass is 310 g/mol. The molecular formula is C18H18N2O3. The fraction of sp³-hybridized carbons (Fsp3) is 0.389. The standard InChI is InChI=1S/C18H18N2O3/c19-17(23)18-8-6-12(7-9-18)13-14(18)16(22)20(15(13)21)10-11-4-2-1-3-5-11/h1-6,8,12-14H,7,9-10H2,(H2,19,23). The normalized spacial score (nSPS) is 34.8. The van der Waals surface area contributed by atoms with E-state index in [1.807, 2.05) is 36.4 Å². The minimum atomic E-state index is -0.988. The van der Waals surface area contributed by atoms with Crippen molar-refractivity contribution in [3.8, 4) is 0 Å². The number of rotatable bonds is 3. The highest BCUT2D eigenvalue weighted by Crippen LogP contribution is 2.56. The molecule has 1 heterocycles. The van der Waals surface area contributed by atoms with Gasteiger partial charge in [0.05, 0.1) is 23.8 Å². The van der Waals surface area contributed by atoms with E-state index < -0.39 is 23.2 Å². The Labute approximate surface area is 134 Å². The van der Waals surface area contributed by atoms with Crippen LogP contribution < -0.4 is 5.73 Å². The highest BCUT2D eigenvalue weighted by atomic mass is 16.2. The summed E-state index contributed by atoms with van der Waals surface area (Å²) in [5.41, 5.74) is 5.54. The van der Waals surface area contributed by atoms with Gasteiger partial charge < -0.3 is 5.73 Å². The van der Waals surface area contributed by atoms with Gasteiger partial charge in [-0.25, -0.2) is 0 Å². The lowest BCUT2D eigenvalue weighted by molar-refractivity contribution is -0.144. The Morgan fingerprint density at radius 2 is 1.96 bits per heavy atom. The van der Waals surface area contributed by atoms with Gasteiger partial charge in [0.2, 0.25) is 17.7 Å². The summed E-state index contributed by atoms with van der Waals surface area (Å²) < 4.78 is 0. The van der Waals surface area contributed by atoms with E-state index in [9.17, 15) is 14.4 Å². The summed E-state index contributed by atoms with van der Waals surface area (Å²) in [6.45, 7) is 0.257. The second-order valence-electron chi connectivity index (χ2n) is 6.72. The number of nitrogens with zero attached hydrogens (tertiary/aromatic N) is 1. The smallest absolute Gasteiger partial charge is 0.234 e. The lowest BCUT2D eigenvalue weighted by Crippen LogP contribution is -2.53. The molecule has 3 amide bonds. The first-order valence-corrected chi connectivity index (χ1v) is 7.93. The molecule has 2 bridgehead atoms. The number of imide groups is 1. The number of fused-ring (bicyclic) bond motifs is 1. The van der Waals surface area contributed by atoms with Crippen molar-refractivity contribution in [3.63, 3.8) is 0 Å². The van der Waals surface area contributed by atoms with Crippen LogP contribution in [0.1, 0.15) is 18.4 Å². The molecule has 1 saturated heterocycles. The van der Waals surface area contributed by atoms with Crippen LogP contribution in [-0.2, 0) is 20.9 Å². The first-order valence-electron chi connectivity index (χ1n) is 7.93. The van der Waals surface area contributed by atoms with Gasteiger partial charge in [-0.1, -0.05) is 42.5 Å². The van der Waals surface area contributed by atoms with Crippen molar-refractivity contribution in [2.24, 2.45) is 28.9 Å². The fourth-order valence-electron chi connectivity index (χ4n) is 4.44. The van der Waals surface area contributed by atoms with E-state index in [1.54, 1.807) is 6.08 Å². The first kappa shape index (κ1) is 14.2. The predicted molar refractivity (Wildman–Crippen MR) is 82.5 cm³/mol. The third-order valence-corrected chi connectivity index (χ3v) is 5.63. The maximum absolute atomic E-state index is 12.9. The second kappa shape index (κ2) is 4.78. The van der Waals surface area contributed by atoms with E-state index in [0.29, 0.717) is 6.42 Å². The summed E-state index contributed by atoms with van der Waals surface area (Å²) in [6.07, 6.45) is 4.98. The van der Waals surface area contributed by atoms with Gasteiger partial charge in [-0.2, -0.15) is 0 Å². The molecule has 4 unspecified atom stereocenters. The minimum Gasteiger partial charge on any atom is -0.369 e. The molecule has 2 N–H and O–H groups in total. The van der Waals surface area contributed by atoms with Crippen LogP contribution in [0.4, 0.5) is 0 Å². The zero-order valence-corrected chi connectivity index (χ0v) is 12.6. The molecule has 2 fully saturated rings. The molecule has 1 aromatic rings. The van der Waals surface area contributed by atoms with Gasteiger partial charge in [-0.05, 0) is 24.3 Å². The molecule has 118 valence electrons. The van der Waals surface area contributed by atoms with Crippen molar-refractivity contribution in [2.75, 3.05) is 0 Å². The molecule has 23 heavy (non-hydrogen) atoms. The molecule has 3 aliphatic carbocycles. The zero-order valence-electron chi connectivity index (χ0n) is 12.6. The van der Waals surface area contributed by atoms with E-state index in [0.717, 1.165) is 12.0 Å². The Morgan fingerprint density at radius 3 is 2.57 bits per heavy atom. The number of allylic oxidation sites excluding steroid dienone is 1. The topological polar surface area (TPSA) is 80.5 Å². The lowest BCUT2D eigenvalue weighted by Gasteiger charge is -2.45. The third-order valence-electron chi connectivity index (χ3n) is 5.63. The summed E-state index contributed by atoms with van der Waals surface area (Å²) in [7, 11) is 0. The second-order valence-corrected chi connectivity index (χ2v) is 6.72. The van der Waals surface area contributed by atoms with Crippen LogP contribution in [0.25, 0.3) is 0 Å². The molecule has 4 atom stereocenters. The molecule has 5 rings (SSSR count). The largest absolute Gasteiger partial charge is 0.369 e. The van der Waals surface area contributed by atoms with E-state index in [2.05, 4.69) is 0 Å². The lowest BCUT2D eigenvalue weighted by atomic mass is 9.54. The van der Waals surface area contributed by atoms with E-state index in [1.165, 1.54) is 4.90 Å². The molecule has 5 heteroatoms. The van der Waals surface area contributed by atoms with E-state index in [4.69, 9.17) is 5.73 Å². The molecule has 0 aromatic heterocycles. The fourth-order valence-corrected chi connectivity index (χ4v) is 4.44. The predicted octanol–water partition coefficient (Wildman–Crippen LogP) is 1.24.